The third-order valence-corrected chi connectivity index (χ3v) is 2.95. The van der Waals surface area contributed by atoms with Crippen LogP contribution in [0.4, 0.5) is 0 Å². The number of hydrogen-bond donors (Lipinski definition) is 1. The molecule has 0 saturated heterocycles. The zero-order valence-corrected chi connectivity index (χ0v) is 9.82. The molecule has 1 aromatic heterocycles. The van der Waals surface area contributed by atoms with Crippen LogP contribution < -0.4 is 5.32 Å². The predicted molar refractivity (Wildman–Crippen MR) is 66.2 cm³/mol. The molecule has 0 saturated carbocycles. The van der Waals surface area contributed by atoms with E-state index in [4.69, 9.17) is 0 Å². The van der Waals surface area contributed by atoms with Crippen LogP contribution in [0.2, 0.25) is 0 Å². The molecule has 0 atom stereocenters. The molecule has 0 fully saturated rings. The molecule has 0 aliphatic heterocycles. The van der Waals surface area contributed by atoms with E-state index < -0.39 is 0 Å². The van der Waals surface area contributed by atoms with Gasteiger partial charge in [0.2, 0.25) is 0 Å². The normalized spacial score (nSPS) is 9.64. The van der Waals surface area contributed by atoms with Crippen molar-refractivity contribution in [1.29, 1.82) is 0 Å². The van der Waals surface area contributed by atoms with E-state index in [0.29, 0.717) is 0 Å². The highest BCUT2D eigenvalue weighted by molar-refractivity contribution is 7.17. The Labute approximate surface area is 89.8 Å². The molecule has 0 aliphatic rings. The lowest BCUT2D eigenvalue weighted by Gasteiger charge is -1.90. The molecular weight excluding hydrogens is 190 g/mol. The van der Waals surface area contributed by atoms with Crippen LogP contribution >= 0.6 is 11.3 Å². The van der Waals surface area contributed by atoms with Gasteiger partial charge in [0.15, 0.2) is 0 Å². The van der Waals surface area contributed by atoms with E-state index in [2.05, 4.69) is 41.9 Å². The molecule has 0 radical (unpaired) electrons. The number of thiophene rings is 1. The van der Waals surface area contributed by atoms with E-state index >= 15 is 0 Å². The summed E-state index contributed by atoms with van der Waals surface area (Å²) in [7, 11) is 3.75. The van der Waals surface area contributed by atoms with Gasteiger partial charge in [-0.05, 0) is 42.9 Å². The Hall–Kier alpha value is -0.860. The number of nitrogens with one attached hydrogen (secondary N) is 1. The number of aryl methyl sites for hydroxylation is 1. The van der Waals surface area contributed by atoms with E-state index in [0.717, 1.165) is 6.42 Å². The summed E-state index contributed by atoms with van der Waals surface area (Å²) in [5.74, 6) is 0. The molecule has 0 unspecified atom stereocenters. The molecule has 76 valence electrons. The highest BCUT2D eigenvalue weighted by atomic mass is 32.1. The van der Waals surface area contributed by atoms with Crippen molar-refractivity contribution in [3.05, 3.63) is 35.2 Å². The third-order valence-electron chi connectivity index (χ3n) is 1.94. The summed E-state index contributed by atoms with van der Waals surface area (Å²) in [5, 5.41) is 6.44. The van der Waals surface area contributed by atoms with E-state index in [-0.39, 0.29) is 0 Å². The van der Waals surface area contributed by atoms with Gasteiger partial charge in [-0.1, -0.05) is 25.1 Å². The molecule has 1 nitrogen and oxygen atoms in total. The average molecular weight is 207 g/mol. The Balaban J connectivity index is 0.000000293. The second kappa shape index (κ2) is 5.78. The number of hydrogen-bond acceptors (Lipinski definition) is 2. The lowest BCUT2D eigenvalue weighted by molar-refractivity contribution is 1.02. The topological polar surface area (TPSA) is 12.0 Å². The molecule has 2 heteroatoms. The highest BCUT2D eigenvalue weighted by Gasteiger charge is 1.98. The van der Waals surface area contributed by atoms with Gasteiger partial charge in [0, 0.05) is 4.70 Å². The molecular formula is C12H17NS. The van der Waals surface area contributed by atoms with Crippen molar-refractivity contribution >= 4 is 21.4 Å². The Morgan fingerprint density at radius 1 is 1.21 bits per heavy atom. The minimum atomic E-state index is 1.14. The van der Waals surface area contributed by atoms with Crippen LogP contribution in [-0.4, -0.2) is 14.1 Å². The van der Waals surface area contributed by atoms with Crippen molar-refractivity contribution in [2.24, 2.45) is 0 Å². The fourth-order valence-electron chi connectivity index (χ4n) is 1.31. The van der Waals surface area contributed by atoms with Crippen LogP contribution in [0.1, 0.15) is 12.5 Å². The quantitative estimate of drug-likeness (QED) is 0.756. The molecule has 0 bridgehead atoms. The standard InChI is InChI=1S/C10H10S.C2H7N/c1-2-8-7-11-10-6-4-3-5-9(8)10;1-3-2/h3-7H,2H2,1H3;3H,1-2H3. The molecule has 2 rings (SSSR count). The predicted octanol–water partition coefficient (Wildman–Crippen LogP) is 3.30. The summed E-state index contributed by atoms with van der Waals surface area (Å²) in [6.45, 7) is 2.20. The minimum Gasteiger partial charge on any atom is -0.323 e. The van der Waals surface area contributed by atoms with Crippen molar-refractivity contribution in [2.75, 3.05) is 14.1 Å². The molecule has 0 aliphatic carbocycles. The Bertz CT molecular complexity index is 378. The molecule has 1 heterocycles. The van der Waals surface area contributed by atoms with Crippen LogP contribution in [0.15, 0.2) is 29.6 Å². The average Bonchev–Trinajstić information content (AvgIpc) is 2.62. The summed E-state index contributed by atoms with van der Waals surface area (Å²) in [6, 6.07) is 8.58. The number of benzene rings is 1. The summed E-state index contributed by atoms with van der Waals surface area (Å²) >= 11 is 1.84. The second-order valence-corrected chi connectivity index (χ2v) is 4.02. The summed E-state index contributed by atoms with van der Waals surface area (Å²) in [6.07, 6.45) is 1.14. The lowest BCUT2D eigenvalue weighted by atomic mass is 10.1. The van der Waals surface area contributed by atoms with Gasteiger partial charge in [-0.25, -0.2) is 0 Å². The highest BCUT2D eigenvalue weighted by Crippen LogP contribution is 2.25. The zero-order chi connectivity index (χ0) is 10.4. The van der Waals surface area contributed by atoms with Gasteiger partial charge in [-0.2, -0.15) is 0 Å². The maximum atomic E-state index is 2.75. The lowest BCUT2D eigenvalue weighted by Crippen LogP contribution is -1.89. The van der Waals surface area contributed by atoms with Gasteiger partial charge < -0.3 is 5.32 Å². The monoisotopic (exact) mass is 207 g/mol. The maximum absolute atomic E-state index is 2.75. The Kier molecular flexibility index (Phi) is 4.63. The van der Waals surface area contributed by atoms with Gasteiger partial charge in [0.1, 0.15) is 0 Å². The van der Waals surface area contributed by atoms with Gasteiger partial charge in [0.05, 0.1) is 0 Å². The first-order valence-electron chi connectivity index (χ1n) is 4.87. The molecule has 14 heavy (non-hydrogen) atoms. The first kappa shape index (κ1) is 11.2. The number of fused-ring (bicyclic) bond motifs is 1. The van der Waals surface area contributed by atoms with Crippen molar-refractivity contribution < 1.29 is 0 Å². The maximum Gasteiger partial charge on any atom is 0.0345 e. The van der Waals surface area contributed by atoms with Crippen LogP contribution in [0, 0.1) is 0 Å². The molecule has 1 aromatic carbocycles. The van der Waals surface area contributed by atoms with Gasteiger partial charge in [0.25, 0.3) is 0 Å². The smallest absolute Gasteiger partial charge is 0.0345 e. The van der Waals surface area contributed by atoms with E-state index in [1.165, 1.54) is 15.6 Å². The van der Waals surface area contributed by atoms with Gasteiger partial charge in [-0.15, -0.1) is 11.3 Å². The van der Waals surface area contributed by atoms with Gasteiger partial charge in [-0.3, -0.25) is 0 Å². The van der Waals surface area contributed by atoms with E-state index in [9.17, 15) is 0 Å². The Morgan fingerprint density at radius 3 is 2.50 bits per heavy atom. The summed E-state index contributed by atoms with van der Waals surface area (Å²) in [5.41, 5.74) is 1.48. The van der Waals surface area contributed by atoms with E-state index in [1.807, 2.05) is 25.4 Å². The van der Waals surface area contributed by atoms with Crippen LogP contribution in [0.25, 0.3) is 10.1 Å². The fraction of sp³-hybridized carbons (Fsp3) is 0.333. The van der Waals surface area contributed by atoms with Crippen LogP contribution in [0.3, 0.4) is 0 Å². The molecule has 0 amide bonds. The van der Waals surface area contributed by atoms with Crippen molar-refractivity contribution in [3.8, 4) is 0 Å². The minimum absolute atomic E-state index is 1.14. The number of rotatable bonds is 1. The molecule has 1 N–H and O–H groups in total. The van der Waals surface area contributed by atoms with Crippen LogP contribution in [-0.2, 0) is 6.42 Å². The summed E-state index contributed by atoms with van der Waals surface area (Å²) in [4.78, 5) is 0. The SMILES string of the molecule is CCc1csc2ccccc12.CNC. The zero-order valence-electron chi connectivity index (χ0n) is 9.00. The fourth-order valence-corrected chi connectivity index (χ4v) is 2.35. The summed E-state index contributed by atoms with van der Waals surface area (Å²) < 4.78 is 1.41. The Morgan fingerprint density at radius 2 is 1.86 bits per heavy atom. The third kappa shape index (κ3) is 2.56. The van der Waals surface area contributed by atoms with Crippen molar-refractivity contribution in [1.82, 2.24) is 5.32 Å². The second-order valence-electron chi connectivity index (χ2n) is 3.11. The molecule has 0 spiro atoms. The molecule has 2 aromatic rings. The van der Waals surface area contributed by atoms with Crippen molar-refractivity contribution in [3.63, 3.8) is 0 Å². The van der Waals surface area contributed by atoms with Crippen LogP contribution in [0.5, 0.6) is 0 Å². The largest absolute Gasteiger partial charge is 0.323 e. The van der Waals surface area contributed by atoms with Gasteiger partial charge >= 0.3 is 0 Å². The van der Waals surface area contributed by atoms with Crippen molar-refractivity contribution in [2.45, 2.75) is 13.3 Å². The first-order chi connectivity index (χ1) is 6.83. The first-order valence-corrected chi connectivity index (χ1v) is 5.75. The van der Waals surface area contributed by atoms with E-state index in [1.54, 1.807) is 0 Å².